The molecular formula is C15H22N8O10P3+. The monoisotopic (exact) mass is 567 g/mol. The molecule has 1 aliphatic heterocycles. The van der Waals surface area contributed by atoms with Gasteiger partial charge in [-0.3, -0.25) is 14.1 Å². The number of H-pyrrole nitrogens is 1. The summed E-state index contributed by atoms with van der Waals surface area (Å²) in [6, 6.07) is 0. The van der Waals surface area contributed by atoms with E-state index in [4.69, 9.17) is 35.9 Å². The molecule has 5 atom stereocenters. The Kier molecular flexibility index (Phi) is 10.3. The van der Waals surface area contributed by atoms with Crippen molar-refractivity contribution < 1.29 is 42.2 Å². The minimum atomic E-state index is -4.57. The van der Waals surface area contributed by atoms with Crippen LogP contribution < -0.4 is 17.0 Å². The zero-order valence-corrected chi connectivity index (χ0v) is 21.0. The number of hydrogen-bond acceptors (Lipinski definition) is 14. The van der Waals surface area contributed by atoms with E-state index in [0.29, 0.717) is 5.56 Å². The summed E-state index contributed by atoms with van der Waals surface area (Å²) in [7, 11) is -8.53. The van der Waals surface area contributed by atoms with E-state index in [1.165, 1.54) is 10.8 Å². The first-order valence-electron chi connectivity index (χ1n) is 9.80. The molecule has 1 aliphatic rings. The summed E-state index contributed by atoms with van der Waals surface area (Å²) >= 11 is 0. The molecule has 0 aliphatic carbocycles. The topological polar surface area (TPSA) is 279 Å². The predicted molar refractivity (Wildman–Crippen MR) is 127 cm³/mol. The number of nitrogens with one attached hydrogen (secondary N) is 1. The molecule has 0 amide bonds. The third-order valence-electron chi connectivity index (χ3n) is 4.63. The van der Waals surface area contributed by atoms with Crippen LogP contribution in [0.25, 0.3) is 21.5 Å². The van der Waals surface area contributed by atoms with Crippen LogP contribution in [-0.2, 0) is 22.6 Å². The van der Waals surface area contributed by atoms with Gasteiger partial charge in [-0.1, -0.05) is 21.3 Å². The number of azide groups is 1. The number of rotatable bonds is 11. The standard InChI is InChI=1S/C15H21N8O10P3/c16-3-1-2-8-5-23(13-12(8)14(24)21-15(17)20-13)11-4-9(29-7-19-22-18)10(31-11)6-30-36(27,28)33-35(26)32-34-25/h5,9-11,25-28,34H,3-4,6-7,16H2,(H2-,17,20,21,24)/p+1. The molecule has 1 saturated heterocycles. The molecule has 0 aromatic carbocycles. The third kappa shape index (κ3) is 7.27. The number of hydrogen-bond donors (Lipinski definition) is 7. The van der Waals surface area contributed by atoms with Gasteiger partial charge in [-0.25, -0.2) is 0 Å². The van der Waals surface area contributed by atoms with Crippen LogP contribution in [0.5, 0.6) is 0 Å². The molecule has 9 N–H and O–H groups in total. The highest BCUT2D eigenvalue weighted by Crippen LogP contribution is 2.63. The van der Waals surface area contributed by atoms with Gasteiger partial charge in [0.25, 0.3) is 5.56 Å². The van der Waals surface area contributed by atoms with Gasteiger partial charge >= 0.3 is 16.8 Å². The van der Waals surface area contributed by atoms with Crippen LogP contribution in [0, 0.1) is 11.8 Å². The summed E-state index contributed by atoms with van der Waals surface area (Å²) in [5.41, 5.74) is 19.7. The molecule has 3 rings (SSSR count). The zero-order valence-electron chi connectivity index (χ0n) is 18.2. The fourth-order valence-corrected chi connectivity index (χ4v) is 5.29. The number of aromatic nitrogens is 3. The van der Waals surface area contributed by atoms with Crippen LogP contribution in [0.15, 0.2) is 16.1 Å². The van der Waals surface area contributed by atoms with E-state index in [1.54, 1.807) is 0 Å². The van der Waals surface area contributed by atoms with Gasteiger partial charge in [0, 0.05) is 17.5 Å². The van der Waals surface area contributed by atoms with Crippen molar-refractivity contribution in [3.05, 3.63) is 32.6 Å². The lowest BCUT2D eigenvalue weighted by Gasteiger charge is -2.18. The molecule has 5 unspecified atom stereocenters. The summed E-state index contributed by atoms with van der Waals surface area (Å²) < 4.78 is 26.8. The van der Waals surface area contributed by atoms with Crippen LogP contribution in [0.1, 0.15) is 18.2 Å². The molecular weight excluding hydrogens is 545 g/mol. The maximum atomic E-state index is 12.5. The largest absolute Gasteiger partial charge is 0.578 e. The first kappa shape index (κ1) is 28.5. The number of nitrogens with zero attached hydrogens (tertiary/aromatic N) is 5. The summed E-state index contributed by atoms with van der Waals surface area (Å²) in [4.78, 5) is 59.6. The highest BCUT2D eigenvalue weighted by atomic mass is 31.3. The van der Waals surface area contributed by atoms with Crippen molar-refractivity contribution in [1.29, 1.82) is 0 Å². The molecule has 1 fully saturated rings. The quantitative estimate of drug-likeness (QED) is 0.0619. The Bertz CT molecular complexity index is 1230. The van der Waals surface area contributed by atoms with E-state index in [0.717, 1.165) is 0 Å². The van der Waals surface area contributed by atoms with Crippen LogP contribution >= 0.6 is 25.8 Å². The number of nitrogens with two attached hydrogens (primary N) is 2. The fraction of sp³-hybridized carbons (Fsp3) is 0.467. The van der Waals surface area contributed by atoms with Crippen LogP contribution in [0.4, 0.5) is 5.95 Å². The Morgan fingerprint density at radius 2 is 2.31 bits per heavy atom. The van der Waals surface area contributed by atoms with Gasteiger partial charge in [-0.15, -0.1) is 0 Å². The number of aromatic amines is 1. The first-order chi connectivity index (χ1) is 17.2. The van der Waals surface area contributed by atoms with Gasteiger partial charge in [0.15, 0.2) is 14.7 Å². The highest BCUT2D eigenvalue weighted by molar-refractivity contribution is 7.64. The fourth-order valence-electron chi connectivity index (χ4n) is 3.32. The van der Waals surface area contributed by atoms with Crippen molar-refractivity contribution in [2.75, 3.05) is 25.6 Å². The summed E-state index contributed by atoms with van der Waals surface area (Å²) in [6.45, 7) is -0.810. The second-order valence-corrected chi connectivity index (χ2v) is 10.1. The maximum Gasteiger partial charge on any atom is 0.578 e. The van der Waals surface area contributed by atoms with Crippen molar-refractivity contribution in [2.24, 2.45) is 10.8 Å². The molecule has 0 radical (unpaired) electrons. The van der Waals surface area contributed by atoms with Crippen molar-refractivity contribution in [3.63, 3.8) is 0 Å². The molecule has 0 saturated carbocycles. The molecule has 0 bridgehead atoms. The van der Waals surface area contributed by atoms with Crippen molar-refractivity contribution >= 4 is 42.8 Å². The van der Waals surface area contributed by atoms with E-state index in [1.807, 2.05) is 0 Å². The Balaban J connectivity index is 1.87. The number of anilines is 1. The van der Waals surface area contributed by atoms with E-state index in [-0.39, 0.29) is 36.7 Å². The number of fused-ring (bicyclic) bond motifs is 1. The van der Waals surface area contributed by atoms with Gasteiger partial charge in [-0.2, -0.15) is 19.3 Å². The van der Waals surface area contributed by atoms with E-state index >= 15 is 0 Å². The molecule has 18 nitrogen and oxygen atoms in total. The molecule has 2 aromatic heterocycles. The van der Waals surface area contributed by atoms with Crippen molar-refractivity contribution in [3.8, 4) is 11.8 Å². The van der Waals surface area contributed by atoms with Crippen LogP contribution in [0.2, 0.25) is 0 Å². The lowest BCUT2D eigenvalue weighted by atomic mass is 10.2. The smallest absolute Gasteiger partial charge is 0.369 e. The SMILES string of the molecule is [N-]=[N+]=NCOC1CC(n2cc(C#CCN)c3c(=O)[nH]c(N)nc32)OC1CO[P+](O)(O)OP(O)OPO. The van der Waals surface area contributed by atoms with Crippen molar-refractivity contribution in [1.82, 2.24) is 14.5 Å². The van der Waals surface area contributed by atoms with Gasteiger partial charge < -0.3 is 35.3 Å². The maximum absolute atomic E-state index is 12.5. The van der Waals surface area contributed by atoms with E-state index < -0.39 is 56.4 Å². The minimum absolute atomic E-state index is 0.0523. The van der Waals surface area contributed by atoms with E-state index in [2.05, 4.69) is 40.5 Å². The summed E-state index contributed by atoms with van der Waals surface area (Å²) in [6.07, 6.45) is -0.924. The highest BCUT2D eigenvalue weighted by Gasteiger charge is 2.48. The molecule has 0 spiro atoms. The lowest BCUT2D eigenvalue weighted by Crippen LogP contribution is -2.29. The second-order valence-electron chi connectivity index (χ2n) is 6.82. The molecule has 3 heterocycles. The first-order valence-corrected chi connectivity index (χ1v) is 13.3. The normalized spacial score (nSPS) is 21.0. The Labute approximate surface area is 205 Å². The minimum Gasteiger partial charge on any atom is -0.369 e. The van der Waals surface area contributed by atoms with Crippen LogP contribution in [0.3, 0.4) is 0 Å². The van der Waals surface area contributed by atoms with Gasteiger partial charge in [0.1, 0.15) is 25.7 Å². The van der Waals surface area contributed by atoms with Crippen molar-refractivity contribution in [2.45, 2.75) is 24.9 Å². The average Bonchev–Trinajstić information content (AvgIpc) is 3.37. The zero-order chi connectivity index (χ0) is 26.3. The van der Waals surface area contributed by atoms with Gasteiger partial charge in [0.2, 0.25) is 5.95 Å². The van der Waals surface area contributed by atoms with Gasteiger partial charge in [-0.05, 0) is 5.53 Å². The molecule has 2 aromatic rings. The molecule has 36 heavy (non-hydrogen) atoms. The number of ether oxygens (including phenoxy) is 2. The summed E-state index contributed by atoms with van der Waals surface area (Å²) in [5.74, 6) is 5.32. The van der Waals surface area contributed by atoms with E-state index in [9.17, 15) is 19.5 Å². The predicted octanol–water partition coefficient (Wildman–Crippen LogP) is -0.0105. The number of nitrogen functional groups attached to an aromatic ring is 1. The van der Waals surface area contributed by atoms with Crippen LogP contribution in [-0.4, -0.2) is 66.2 Å². The van der Waals surface area contributed by atoms with Gasteiger partial charge in [0.05, 0.1) is 23.6 Å². The Morgan fingerprint density at radius 1 is 1.53 bits per heavy atom. The third-order valence-corrected chi connectivity index (χ3v) is 7.47. The lowest BCUT2D eigenvalue weighted by molar-refractivity contribution is -0.0601. The molecule has 196 valence electrons. The second kappa shape index (κ2) is 13.0. The Hall–Kier alpha value is -2.02. The Morgan fingerprint density at radius 3 is 3.00 bits per heavy atom. The molecule has 21 heteroatoms. The summed E-state index contributed by atoms with van der Waals surface area (Å²) in [5, 5.41) is 3.47. The average molecular weight is 567 g/mol.